The Morgan fingerprint density at radius 3 is 3.11 bits per heavy atom. The van der Waals surface area contributed by atoms with Crippen molar-refractivity contribution in [2.45, 2.75) is 50.6 Å². The number of amides is 1. The van der Waals surface area contributed by atoms with Crippen LogP contribution in [0, 0.1) is 0 Å². The van der Waals surface area contributed by atoms with Gasteiger partial charge in [0.2, 0.25) is 5.91 Å². The van der Waals surface area contributed by atoms with Crippen molar-refractivity contribution >= 4 is 5.91 Å². The maximum absolute atomic E-state index is 12.3. The summed E-state index contributed by atoms with van der Waals surface area (Å²) in [6.45, 7) is 0.959. The number of hydrogen-bond donors (Lipinski definition) is 2. The minimum Gasteiger partial charge on any atom is -0.348 e. The summed E-state index contributed by atoms with van der Waals surface area (Å²) < 4.78 is 1.94. The van der Waals surface area contributed by atoms with Gasteiger partial charge in [-0.3, -0.25) is 9.48 Å². The Morgan fingerprint density at radius 1 is 1.42 bits per heavy atom. The highest BCUT2D eigenvalue weighted by molar-refractivity contribution is 5.82. The van der Waals surface area contributed by atoms with Crippen LogP contribution in [0.1, 0.15) is 49.4 Å². The molecule has 0 aromatic carbocycles. The molecule has 5 heteroatoms. The van der Waals surface area contributed by atoms with Gasteiger partial charge in [0.25, 0.3) is 0 Å². The van der Waals surface area contributed by atoms with Crippen molar-refractivity contribution in [2.75, 3.05) is 6.54 Å². The van der Waals surface area contributed by atoms with E-state index in [0.717, 1.165) is 38.6 Å². The van der Waals surface area contributed by atoms with Crippen LogP contribution in [-0.2, 0) is 18.3 Å². The predicted octanol–water partition coefficient (Wildman–Crippen LogP) is 1.06. The van der Waals surface area contributed by atoms with Gasteiger partial charge in [-0.15, -0.1) is 0 Å². The molecule has 1 saturated heterocycles. The number of fused-ring (bicyclic) bond motifs is 1. The van der Waals surface area contributed by atoms with Crippen LogP contribution >= 0.6 is 0 Å². The summed E-state index contributed by atoms with van der Waals surface area (Å²) in [7, 11) is 1.98. The van der Waals surface area contributed by atoms with Gasteiger partial charge in [-0.25, -0.2) is 0 Å². The van der Waals surface area contributed by atoms with E-state index >= 15 is 0 Å². The summed E-state index contributed by atoms with van der Waals surface area (Å²) in [5.74, 6) is 0.154. The number of aromatic nitrogens is 2. The SMILES string of the molecule is Cn1ncc2c1CCCC2NC(=O)[C@H]1CCCCN1. The maximum atomic E-state index is 12.3. The Kier molecular flexibility index (Phi) is 3.55. The highest BCUT2D eigenvalue weighted by Crippen LogP contribution is 2.29. The lowest BCUT2D eigenvalue weighted by molar-refractivity contribution is -0.124. The van der Waals surface area contributed by atoms with Crippen LogP contribution in [0.5, 0.6) is 0 Å². The average molecular weight is 262 g/mol. The molecule has 1 unspecified atom stereocenters. The molecule has 3 rings (SSSR count). The van der Waals surface area contributed by atoms with Crippen molar-refractivity contribution in [3.8, 4) is 0 Å². The zero-order valence-electron chi connectivity index (χ0n) is 11.5. The first-order chi connectivity index (χ1) is 9.25. The van der Waals surface area contributed by atoms with Gasteiger partial charge in [-0.1, -0.05) is 6.42 Å². The molecular weight excluding hydrogens is 240 g/mol. The molecule has 2 atom stereocenters. The van der Waals surface area contributed by atoms with E-state index in [0.29, 0.717) is 0 Å². The van der Waals surface area contributed by atoms with Crippen LogP contribution in [0.2, 0.25) is 0 Å². The molecular formula is C14H22N4O. The summed E-state index contributed by atoms with van der Waals surface area (Å²) in [6.07, 6.45) is 8.41. The Balaban J connectivity index is 1.68. The van der Waals surface area contributed by atoms with Crippen molar-refractivity contribution in [1.29, 1.82) is 0 Å². The van der Waals surface area contributed by atoms with Gasteiger partial charge in [0.05, 0.1) is 18.3 Å². The van der Waals surface area contributed by atoms with Crippen LogP contribution in [0.25, 0.3) is 0 Å². The molecule has 1 aromatic rings. The Hall–Kier alpha value is -1.36. The fourth-order valence-corrected chi connectivity index (χ4v) is 3.20. The normalized spacial score (nSPS) is 26.8. The third-order valence-corrected chi connectivity index (χ3v) is 4.32. The van der Waals surface area contributed by atoms with Gasteiger partial charge >= 0.3 is 0 Å². The van der Waals surface area contributed by atoms with Crippen LogP contribution in [-0.4, -0.2) is 28.3 Å². The van der Waals surface area contributed by atoms with Crippen LogP contribution in [0.4, 0.5) is 0 Å². The Bertz CT molecular complexity index is 462. The summed E-state index contributed by atoms with van der Waals surface area (Å²) in [5, 5.41) is 10.8. The van der Waals surface area contributed by atoms with Crippen LogP contribution < -0.4 is 10.6 Å². The quantitative estimate of drug-likeness (QED) is 0.838. The molecule has 2 N–H and O–H groups in total. The fourth-order valence-electron chi connectivity index (χ4n) is 3.20. The summed E-state index contributed by atoms with van der Waals surface area (Å²) in [4.78, 5) is 12.3. The first kappa shape index (κ1) is 12.7. The lowest BCUT2D eigenvalue weighted by Crippen LogP contribution is -2.47. The number of rotatable bonds is 2. The van der Waals surface area contributed by atoms with Crippen molar-refractivity contribution in [3.05, 3.63) is 17.5 Å². The molecule has 1 amide bonds. The van der Waals surface area contributed by atoms with E-state index in [1.54, 1.807) is 0 Å². The first-order valence-electron chi connectivity index (χ1n) is 7.30. The molecule has 0 radical (unpaired) electrons. The van der Waals surface area contributed by atoms with Gasteiger partial charge < -0.3 is 10.6 Å². The Labute approximate surface area is 113 Å². The lowest BCUT2D eigenvalue weighted by atomic mass is 9.92. The molecule has 1 aromatic heterocycles. The summed E-state index contributed by atoms with van der Waals surface area (Å²) in [6, 6.07) is 0.143. The number of nitrogens with one attached hydrogen (secondary N) is 2. The average Bonchev–Trinajstić information content (AvgIpc) is 2.83. The third kappa shape index (κ3) is 2.52. The standard InChI is InChI=1S/C14H22N4O/c1-18-13-7-4-6-11(10(13)9-16-18)17-14(19)12-5-2-3-8-15-12/h9,11-12,15H,2-8H2,1H3,(H,17,19)/t11?,12-/m1/s1. The van der Waals surface area contributed by atoms with E-state index in [1.807, 2.05) is 17.9 Å². The van der Waals surface area contributed by atoms with E-state index in [-0.39, 0.29) is 18.0 Å². The van der Waals surface area contributed by atoms with Crippen molar-refractivity contribution < 1.29 is 4.79 Å². The smallest absolute Gasteiger partial charge is 0.237 e. The number of piperidine rings is 1. The predicted molar refractivity (Wildman–Crippen MR) is 72.7 cm³/mol. The van der Waals surface area contributed by atoms with Crippen LogP contribution in [0.15, 0.2) is 6.20 Å². The second-order valence-electron chi connectivity index (χ2n) is 5.63. The van der Waals surface area contributed by atoms with Crippen LogP contribution in [0.3, 0.4) is 0 Å². The summed E-state index contributed by atoms with van der Waals surface area (Å²) in [5.41, 5.74) is 2.48. The van der Waals surface area contributed by atoms with E-state index in [9.17, 15) is 4.79 Å². The zero-order valence-corrected chi connectivity index (χ0v) is 11.5. The molecule has 19 heavy (non-hydrogen) atoms. The van der Waals surface area contributed by atoms with Gasteiger partial charge in [-0.2, -0.15) is 5.10 Å². The van der Waals surface area contributed by atoms with E-state index in [1.165, 1.54) is 17.7 Å². The number of aryl methyl sites for hydroxylation is 1. The number of carbonyl (C=O) groups is 1. The zero-order chi connectivity index (χ0) is 13.2. The van der Waals surface area contributed by atoms with Crippen molar-refractivity contribution in [1.82, 2.24) is 20.4 Å². The van der Waals surface area contributed by atoms with Gasteiger partial charge in [0.15, 0.2) is 0 Å². The monoisotopic (exact) mass is 262 g/mol. The number of carbonyl (C=O) groups excluding carboxylic acids is 1. The number of nitrogens with zero attached hydrogens (tertiary/aromatic N) is 2. The molecule has 0 spiro atoms. The lowest BCUT2D eigenvalue weighted by Gasteiger charge is -2.28. The van der Waals surface area contributed by atoms with E-state index < -0.39 is 0 Å². The molecule has 0 saturated carbocycles. The maximum Gasteiger partial charge on any atom is 0.237 e. The van der Waals surface area contributed by atoms with Gasteiger partial charge in [-0.05, 0) is 38.6 Å². The van der Waals surface area contributed by atoms with E-state index in [4.69, 9.17) is 0 Å². The van der Waals surface area contributed by atoms with E-state index in [2.05, 4.69) is 15.7 Å². The molecule has 0 bridgehead atoms. The minimum atomic E-state index is -0.00389. The fraction of sp³-hybridized carbons (Fsp3) is 0.714. The highest BCUT2D eigenvalue weighted by atomic mass is 16.2. The molecule has 1 fully saturated rings. The van der Waals surface area contributed by atoms with Gasteiger partial charge in [0, 0.05) is 18.3 Å². The molecule has 1 aliphatic heterocycles. The second kappa shape index (κ2) is 5.33. The first-order valence-corrected chi connectivity index (χ1v) is 7.30. The minimum absolute atomic E-state index is 0.00389. The third-order valence-electron chi connectivity index (χ3n) is 4.32. The highest BCUT2D eigenvalue weighted by Gasteiger charge is 2.28. The molecule has 104 valence electrons. The number of hydrogen-bond acceptors (Lipinski definition) is 3. The Morgan fingerprint density at radius 2 is 2.32 bits per heavy atom. The molecule has 2 heterocycles. The molecule has 2 aliphatic rings. The summed E-state index contributed by atoms with van der Waals surface area (Å²) >= 11 is 0. The topological polar surface area (TPSA) is 59.0 Å². The van der Waals surface area contributed by atoms with Crippen molar-refractivity contribution in [2.24, 2.45) is 7.05 Å². The molecule has 1 aliphatic carbocycles. The van der Waals surface area contributed by atoms with Gasteiger partial charge in [0.1, 0.15) is 0 Å². The molecule has 5 nitrogen and oxygen atoms in total. The van der Waals surface area contributed by atoms with Crippen molar-refractivity contribution in [3.63, 3.8) is 0 Å². The largest absolute Gasteiger partial charge is 0.348 e. The second-order valence-corrected chi connectivity index (χ2v) is 5.63.